The van der Waals surface area contributed by atoms with Crippen LogP contribution in [0.5, 0.6) is 0 Å². The average molecular weight is 270 g/mol. The minimum absolute atomic E-state index is 0.282. The summed E-state index contributed by atoms with van der Waals surface area (Å²) < 4.78 is 19.5. The molecular weight excluding hydrogens is 255 g/mol. The second kappa shape index (κ2) is 5.53. The van der Waals surface area contributed by atoms with Crippen molar-refractivity contribution in [3.63, 3.8) is 0 Å². The molecule has 0 spiro atoms. The first kappa shape index (κ1) is 13.1. The van der Waals surface area contributed by atoms with E-state index in [9.17, 15) is 4.39 Å². The summed E-state index contributed by atoms with van der Waals surface area (Å²) in [7, 11) is 0. The van der Waals surface area contributed by atoms with Crippen LogP contribution in [-0.4, -0.2) is 40.8 Å². The Morgan fingerprint density at radius 3 is 3.11 bits per heavy atom. The van der Waals surface area contributed by atoms with Gasteiger partial charge in [-0.25, -0.2) is 14.4 Å². The largest absolute Gasteiger partial charge is 0.391 e. The molecule has 0 aromatic carbocycles. The molecule has 5 nitrogen and oxygen atoms in total. The van der Waals surface area contributed by atoms with Gasteiger partial charge in [0.1, 0.15) is 17.4 Å². The lowest BCUT2D eigenvalue weighted by Crippen LogP contribution is -2.48. The molecule has 1 aliphatic rings. The predicted octanol–water partition coefficient (Wildman–Crippen LogP) is 0.669. The van der Waals surface area contributed by atoms with Crippen LogP contribution >= 0.6 is 12.2 Å². The van der Waals surface area contributed by atoms with Crippen LogP contribution in [0.3, 0.4) is 0 Å². The molecule has 2 N–H and O–H groups in total. The summed E-state index contributed by atoms with van der Waals surface area (Å²) in [5, 5.41) is 0. The Bertz CT molecular complexity index is 457. The zero-order valence-corrected chi connectivity index (χ0v) is 10.9. The summed E-state index contributed by atoms with van der Waals surface area (Å²) in [5.74, 6) is -0.0741. The van der Waals surface area contributed by atoms with Gasteiger partial charge in [-0.3, -0.25) is 0 Å². The highest BCUT2D eigenvalue weighted by atomic mass is 32.1. The van der Waals surface area contributed by atoms with E-state index in [1.54, 1.807) is 4.90 Å². The van der Waals surface area contributed by atoms with Gasteiger partial charge in [0, 0.05) is 6.54 Å². The molecule has 18 heavy (non-hydrogen) atoms. The number of halogens is 1. The Morgan fingerprint density at radius 2 is 2.44 bits per heavy atom. The molecule has 1 aromatic heterocycles. The van der Waals surface area contributed by atoms with Crippen molar-refractivity contribution in [2.75, 3.05) is 24.6 Å². The third-order valence-electron chi connectivity index (χ3n) is 2.86. The Morgan fingerprint density at radius 1 is 1.67 bits per heavy atom. The van der Waals surface area contributed by atoms with Crippen LogP contribution in [0.25, 0.3) is 0 Å². The van der Waals surface area contributed by atoms with E-state index in [1.165, 1.54) is 6.33 Å². The third kappa shape index (κ3) is 2.56. The zero-order valence-electron chi connectivity index (χ0n) is 10.1. The number of rotatable bonds is 3. The second-order valence-electron chi connectivity index (χ2n) is 4.02. The SMILES string of the molecule is CCc1ncnc(N2CCOC(C(N)=S)C2)c1F. The molecule has 0 aliphatic carbocycles. The fraction of sp³-hybridized carbons (Fsp3) is 0.545. The number of hydrogen-bond donors (Lipinski definition) is 1. The molecule has 7 heteroatoms. The van der Waals surface area contributed by atoms with Crippen LogP contribution in [0, 0.1) is 5.82 Å². The Balaban J connectivity index is 2.23. The number of hydrogen-bond acceptors (Lipinski definition) is 5. The smallest absolute Gasteiger partial charge is 0.187 e. The molecule has 1 saturated heterocycles. The zero-order chi connectivity index (χ0) is 13.1. The first-order valence-electron chi connectivity index (χ1n) is 5.78. The summed E-state index contributed by atoms with van der Waals surface area (Å²) >= 11 is 4.90. The molecule has 1 aliphatic heterocycles. The highest BCUT2D eigenvalue weighted by Gasteiger charge is 2.26. The van der Waals surface area contributed by atoms with E-state index >= 15 is 0 Å². The highest BCUT2D eigenvalue weighted by molar-refractivity contribution is 7.80. The van der Waals surface area contributed by atoms with Crippen molar-refractivity contribution in [2.45, 2.75) is 19.4 Å². The summed E-state index contributed by atoms with van der Waals surface area (Å²) in [5.41, 5.74) is 5.97. The van der Waals surface area contributed by atoms with Crippen LogP contribution in [0.2, 0.25) is 0 Å². The normalized spacial score (nSPS) is 19.9. The van der Waals surface area contributed by atoms with E-state index in [1.807, 2.05) is 6.92 Å². The molecule has 0 bridgehead atoms. The van der Waals surface area contributed by atoms with E-state index < -0.39 is 0 Å². The van der Waals surface area contributed by atoms with Crippen molar-refractivity contribution in [1.29, 1.82) is 0 Å². The van der Waals surface area contributed by atoms with Gasteiger partial charge in [-0.05, 0) is 6.42 Å². The predicted molar refractivity (Wildman–Crippen MR) is 70.1 cm³/mol. The minimum atomic E-state index is -0.372. The summed E-state index contributed by atoms with van der Waals surface area (Å²) in [6, 6.07) is 0. The maximum Gasteiger partial charge on any atom is 0.187 e. The lowest BCUT2D eigenvalue weighted by Gasteiger charge is -2.33. The van der Waals surface area contributed by atoms with Crippen molar-refractivity contribution in [1.82, 2.24) is 9.97 Å². The molecule has 1 atom stereocenters. The summed E-state index contributed by atoms with van der Waals surface area (Å²) in [6.45, 7) is 3.29. The van der Waals surface area contributed by atoms with Crippen LogP contribution in [0.4, 0.5) is 10.2 Å². The van der Waals surface area contributed by atoms with Crippen molar-refractivity contribution in [3.05, 3.63) is 17.8 Å². The minimum Gasteiger partial charge on any atom is -0.391 e. The van der Waals surface area contributed by atoms with Gasteiger partial charge < -0.3 is 15.4 Å². The first-order chi connectivity index (χ1) is 8.63. The lowest BCUT2D eigenvalue weighted by atomic mass is 10.2. The number of aromatic nitrogens is 2. The average Bonchev–Trinajstić information content (AvgIpc) is 2.39. The topological polar surface area (TPSA) is 64.3 Å². The molecule has 0 saturated carbocycles. The number of aryl methyl sites for hydroxylation is 1. The molecule has 2 rings (SSSR count). The maximum atomic E-state index is 14.1. The van der Waals surface area contributed by atoms with Crippen molar-refractivity contribution in [2.24, 2.45) is 5.73 Å². The van der Waals surface area contributed by atoms with Gasteiger partial charge in [0.05, 0.1) is 18.8 Å². The van der Waals surface area contributed by atoms with E-state index in [2.05, 4.69) is 9.97 Å². The third-order valence-corrected chi connectivity index (χ3v) is 3.12. The molecule has 1 aromatic rings. The van der Waals surface area contributed by atoms with Gasteiger partial charge in [-0.1, -0.05) is 19.1 Å². The molecule has 1 unspecified atom stereocenters. The molecular formula is C11H15FN4OS. The molecule has 0 amide bonds. The summed E-state index contributed by atoms with van der Waals surface area (Å²) in [6.07, 6.45) is 1.56. The van der Waals surface area contributed by atoms with E-state index in [0.29, 0.717) is 37.6 Å². The van der Waals surface area contributed by atoms with Crippen LogP contribution in [0.1, 0.15) is 12.6 Å². The van der Waals surface area contributed by atoms with Gasteiger partial charge in [0.25, 0.3) is 0 Å². The number of nitrogens with two attached hydrogens (primary N) is 1. The first-order valence-corrected chi connectivity index (χ1v) is 6.19. The van der Waals surface area contributed by atoms with Gasteiger partial charge in [-0.15, -0.1) is 0 Å². The van der Waals surface area contributed by atoms with Crippen molar-refractivity contribution < 1.29 is 9.13 Å². The van der Waals surface area contributed by atoms with Crippen LogP contribution < -0.4 is 10.6 Å². The Hall–Kier alpha value is -1.34. The lowest BCUT2D eigenvalue weighted by molar-refractivity contribution is 0.0841. The number of ether oxygens (including phenoxy) is 1. The maximum absolute atomic E-state index is 14.1. The highest BCUT2D eigenvalue weighted by Crippen LogP contribution is 2.20. The molecule has 1 fully saturated rings. The quantitative estimate of drug-likeness (QED) is 0.814. The van der Waals surface area contributed by atoms with E-state index in [0.717, 1.165) is 0 Å². The van der Waals surface area contributed by atoms with Crippen LogP contribution in [-0.2, 0) is 11.2 Å². The van der Waals surface area contributed by atoms with Gasteiger partial charge in [0.15, 0.2) is 11.6 Å². The fourth-order valence-electron chi connectivity index (χ4n) is 1.88. The standard InChI is InChI=1S/C11H15FN4OS/c1-2-7-9(12)11(15-6-14-7)16-3-4-17-8(5-16)10(13)18/h6,8H,2-5H2,1H3,(H2,13,18). The van der Waals surface area contributed by atoms with E-state index in [4.69, 9.17) is 22.7 Å². The van der Waals surface area contributed by atoms with Gasteiger partial charge in [-0.2, -0.15) is 0 Å². The van der Waals surface area contributed by atoms with E-state index in [-0.39, 0.29) is 16.9 Å². The number of thiocarbonyl (C=S) groups is 1. The summed E-state index contributed by atoms with van der Waals surface area (Å²) in [4.78, 5) is 9.99. The number of morpholine rings is 1. The van der Waals surface area contributed by atoms with Crippen molar-refractivity contribution in [3.8, 4) is 0 Å². The van der Waals surface area contributed by atoms with Crippen molar-refractivity contribution >= 4 is 23.0 Å². The Labute approximate surface area is 110 Å². The Kier molecular flexibility index (Phi) is 4.03. The van der Waals surface area contributed by atoms with Gasteiger partial charge in [0.2, 0.25) is 0 Å². The van der Waals surface area contributed by atoms with Crippen LogP contribution in [0.15, 0.2) is 6.33 Å². The monoisotopic (exact) mass is 270 g/mol. The second-order valence-corrected chi connectivity index (χ2v) is 4.49. The molecule has 98 valence electrons. The molecule has 2 heterocycles. The number of anilines is 1. The fourth-order valence-corrected chi connectivity index (χ4v) is 2.02. The van der Waals surface area contributed by atoms with Gasteiger partial charge >= 0.3 is 0 Å². The molecule has 0 radical (unpaired) electrons. The number of nitrogens with zero attached hydrogens (tertiary/aromatic N) is 3.